The molecule has 0 amide bonds. The minimum atomic E-state index is -0.560. The fraction of sp³-hybridized carbons (Fsp3) is 0.0580. The molecule has 0 unspecified atom stereocenters. The summed E-state index contributed by atoms with van der Waals surface area (Å²) in [5.74, 6) is 0. The molecule has 3 nitrogen and oxygen atoms in total. The van der Waals surface area contributed by atoms with E-state index in [-0.39, 0.29) is 5.41 Å². The Hall–Kier alpha value is -9.05. The van der Waals surface area contributed by atoms with Gasteiger partial charge in [-0.25, -0.2) is 4.52 Å². The molecule has 0 N–H and O–H groups in total. The highest BCUT2D eigenvalue weighted by Gasteiger charge is 2.46. The van der Waals surface area contributed by atoms with E-state index in [9.17, 15) is 0 Å². The Morgan fingerprint density at radius 2 is 0.917 bits per heavy atom. The van der Waals surface area contributed by atoms with E-state index in [1.165, 1.54) is 55.6 Å². The van der Waals surface area contributed by atoms with Crippen molar-refractivity contribution in [3.8, 4) is 55.9 Å². The molecular formula is C69H49N3. The molecule has 0 saturated heterocycles. The maximum atomic E-state index is 5.53. The van der Waals surface area contributed by atoms with Crippen LogP contribution in [0.1, 0.15) is 47.2 Å². The van der Waals surface area contributed by atoms with Gasteiger partial charge in [0.05, 0.1) is 22.3 Å². The Bertz CT molecular complexity index is 4000. The zero-order valence-electron chi connectivity index (χ0n) is 40.2. The van der Waals surface area contributed by atoms with Crippen molar-refractivity contribution in [1.82, 2.24) is 9.61 Å². The second-order valence-corrected chi connectivity index (χ2v) is 19.8. The highest BCUT2D eigenvalue weighted by molar-refractivity contribution is 6.10. The lowest BCUT2D eigenvalue weighted by Gasteiger charge is -2.35. The number of nitrogens with zero attached hydrogens (tertiary/aromatic N) is 3. The minimum Gasteiger partial charge on any atom is -0.310 e. The molecule has 2 aromatic heterocycles. The molecule has 3 heteroatoms. The molecule has 0 aliphatic heterocycles. The molecule has 0 radical (unpaired) electrons. The lowest BCUT2D eigenvalue weighted by molar-refractivity contribution is 0.660. The van der Waals surface area contributed by atoms with Crippen LogP contribution in [0.25, 0.3) is 72.2 Å². The monoisotopic (exact) mass is 919 g/mol. The highest BCUT2D eigenvalue weighted by atomic mass is 15.2. The van der Waals surface area contributed by atoms with Gasteiger partial charge in [-0.2, -0.15) is 5.10 Å². The molecule has 72 heavy (non-hydrogen) atoms. The van der Waals surface area contributed by atoms with E-state index in [0.29, 0.717) is 0 Å². The molecule has 2 heterocycles. The molecule has 0 fully saturated rings. The van der Waals surface area contributed by atoms with E-state index < -0.39 is 5.41 Å². The zero-order chi connectivity index (χ0) is 48.0. The molecule has 340 valence electrons. The largest absolute Gasteiger partial charge is 0.310 e. The van der Waals surface area contributed by atoms with Crippen LogP contribution >= 0.6 is 0 Å². The normalized spacial score (nSPS) is 13.6. The van der Waals surface area contributed by atoms with Crippen molar-refractivity contribution in [3.05, 3.63) is 294 Å². The SMILES string of the molecule is CC1(C)c2ccccc2-c2c(N(c3ccc4c(c3)C(c3ccccc3)(c3ccccc3)c3ccccc3-4)c3ccc4c(c3)cc(-c3ccccc3)n3nc(-c5ccccc5)c(-c5ccccc5)c43)cccc21. The van der Waals surface area contributed by atoms with E-state index in [0.717, 1.165) is 67.0 Å². The minimum absolute atomic E-state index is 0.186. The summed E-state index contributed by atoms with van der Waals surface area (Å²) in [6, 6.07) is 96.0. The Labute approximate surface area is 420 Å². The molecule has 12 aromatic rings. The van der Waals surface area contributed by atoms with Crippen molar-refractivity contribution in [1.29, 1.82) is 0 Å². The predicted molar refractivity (Wildman–Crippen MR) is 299 cm³/mol. The first-order valence-electron chi connectivity index (χ1n) is 25.0. The first-order valence-corrected chi connectivity index (χ1v) is 25.0. The standard InChI is InChI=1S/C69H49N3/c1-68(2)58-35-20-19-34-57(58)65-60(68)37-22-38-62(65)71(53-40-42-56-55-33-18-21-36-59(55)69(61(56)45-53,50-29-14-6-15-30-50)51-31-16-7-17-32-51)52-39-41-54-49(43-52)44-63(46-23-8-3-9-24-46)72-67(54)64(47-25-10-4-11-26-47)66(70-72)48-27-12-5-13-28-48/h3-45H,1-2H3. The molecule has 0 saturated carbocycles. The lowest BCUT2D eigenvalue weighted by atomic mass is 9.67. The third-order valence-electron chi connectivity index (χ3n) is 15.7. The fourth-order valence-electron chi connectivity index (χ4n) is 12.5. The van der Waals surface area contributed by atoms with E-state index in [2.05, 4.69) is 284 Å². The molecule has 0 atom stereocenters. The molecule has 10 aromatic carbocycles. The van der Waals surface area contributed by atoms with Gasteiger partial charge in [-0.3, -0.25) is 0 Å². The van der Waals surface area contributed by atoms with Crippen molar-refractivity contribution in [3.63, 3.8) is 0 Å². The maximum Gasteiger partial charge on any atom is 0.101 e. The van der Waals surface area contributed by atoms with Gasteiger partial charge in [-0.15, -0.1) is 0 Å². The average molecular weight is 920 g/mol. The van der Waals surface area contributed by atoms with Gasteiger partial charge >= 0.3 is 0 Å². The molecule has 0 spiro atoms. The first kappa shape index (κ1) is 41.9. The van der Waals surface area contributed by atoms with Crippen LogP contribution in [0.15, 0.2) is 261 Å². The summed E-state index contributed by atoms with van der Waals surface area (Å²) in [6.07, 6.45) is 0. The van der Waals surface area contributed by atoms with Crippen LogP contribution in [0, 0.1) is 0 Å². The third-order valence-corrected chi connectivity index (χ3v) is 15.7. The number of fused-ring (bicyclic) bond motifs is 9. The highest BCUT2D eigenvalue weighted by Crippen LogP contribution is 2.59. The fourth-order valence-corrected chi connectivity index (χ4v) is 12.5. The van der Waals surface area contributed by atoms with Gasteiger partial charge in [0, 0.05) is 44.4 Å². The van der Waals surface area contributed by atoms with Gasteiger partial charge in [0.1, 0.15) is 5.69 Å². The van der Waals surface area contributed by atoms with Crippen molar-refractivity contribution in [2.45, 2.75) is 24.7 Å². The first-order chi connectivity index (χ1) is 35.5. The summed E-state index contributed by atoms with van der Waals surface area (Å²) < 4.78 is 2.19. The topological polar surface area (TPSA) is 20.5 Å². The van der Waals surface area contributed by atoms with Crippen LogP contribution in [0.4, 0.5) is 17.1 Å². The molecule has 2 aliphatic rings. The smallest absolute Gasteiger partial charge is 0.101 e. The Morgan fingerprint density at radius 1 is 0.389 bits per heavy atom. The van der Waals surface area contributed by atoms with Gasteiger partial charge in [-0.1, -0.05) is 238 Å². The van der Waals surface area contributed by atoms with Gasteiger partial charge in [0.2, 0.25) is 0 Å². The van der Waals surface area contributed by atoms with Gasteiger partial charge in [0.25, 0.3) is 0 Å². The van der Waals surface area contributed by atoms with E-state index in [4.69, 9.17) is 5.10 Å². The van der Waals surface area contributed by atoms with E-state index in [1.54, 1.807) is 0 Å². The van der Waals surface area contributed by atoms with E-state index >= 15 is 0 Å². The zero-order valence-corrected chi connectivity index (χ0v) is 40.2. The molecule has 14 rings (SSSR count). The van der Waals surface area contributed by atoms with Gasteiger partial charge in [0.15, 0.2) is 0 Å². The van der Waals surface area contributed by atoms with Crippen molar-refractivity contribution < 1.29 is 0 Å². The second kappa shape index (κ2) is 16.3. The maximum absolute atomic E-state index is 5.53. The number of anilines is 3. The Morgan fingerprint density at radius 3 is 1.60 bits per heavy atom. The number of pyridine rings is 1. The van der Waals surface area contributed by atoms with Crippen LogP contribution in [0.3, 0.4) is 0 Å². The number of hydrogen-bond acceptors (Lipinski definition) is 2. The molecule has 2 aliphatic carbocycles. The molecule has 0 bridgehead atoms. The average Bonchev–Trinajstić information content (AvgIpc) is 4.07. The lowest BCUT2D eigenvalue weighted by Crippen LogP contribution is -2.28. The Kier molecular flexibility index (Phi) is 9.46. The van der Waals surface area contributed by atoms with Gasteiger partial charge < -0.3 is 4.90 Å². The predicted octanol–water partition coefficient (Wildman–Crippen LogP) is 17.6. The summed E-state index contributed by atoms with van der Waals surface area (Å²) in [4.78, 5) is 2.54. The summed E-state index contributed by atoms with van der Waals surface area (Å²) in [5.41, 5.74) is 22.9. The molecular weight excluding hydrogens is 871 g/mol. The summed E-state index contributed by atoms with van der Waals surface area (Å²) in [7, 11) is 0. The number of rotatable bonds is 8. The quantitative estimate of drug-likeness (QED) is 0.151. The van der Waals surface area contributed by atoms with Crippen LogP contribution in [-0.2, 0) is 10.8 Å². The van der Waals surface area contributed by atoms with Crippen LogP contribution in [0.2, 0.25) is 0 Å². The van der Waals surface area contributed by atoms with Crippen molar-refractivity contribution >= 4 is 33.4 Å². The summed E-state index contributed by atoms with van der Waals surface area (Å²) >= 11 is 0. The van der Waals surface area contributed by atoms with Crippen molar-refractivity contribution in [2.75, 3.05) is 4.90 Å². The second-order valence-electron chi connectivity index (χ2n) is 19.8. The van der Waals surface area contributed by atoms with Gasteiger partial charge in [-0.05, 0) is 97.4 Å². The third kappa shape index (κ3) is 6.14. The van der Waals surface area contributed by atoms with Crippen LogP contribution in [0.5, 0.6) is 0 Å². The van der Waals surface area contributed by atoms with Crippen LogP contribution in [-0.4, -0.2) is 9.61 Å². The van der Waals surface area contributed by atoms with Crippen molar-refractivity contribution in [2.24, 2.45) is 0 Å². The number of benzene rings is 10. The number of hydrogen-bond donors (Lipinski definition) is 0. The Balaban J connectivity index is 1.08. The summed E-state index contributed by atoms with van der Waals surface area (Å²) in [6.45, 7) is 4.75. The summed E-state index contributed by atoms with van der Waals surface area (Å²) in [5, 5.41) is 7.80. The number of aromatic nitrogens is 2. The van der Waals surface area contributed by atoms with E-state index in [1.807, 2.05) is 0 Å². The van der Waals surface area contributed by atoms with Crippen LogP contribution < -0.4 is 4.90 Å².